The average Bonchev–Trinajstić information content (AvgIpc) is 3.05. The van der Waals surface area contributed by atoms with Crippen molar-refractivity contribution in [2.45, 2.75) is 18.9 Å². The summed E-state index contributed by atoms with van der Waals surface area (Å²) in [6, 6.07) is 3.53. The maximum atomic E-state index is 12.6. The number of ketones is 1. The maximum Gasteiger partial charge on any atom is 0.342 e. The normalized spacial score (nSPS) is 10.6. The van der Waals surface area contributed by atoms with E-state index in [1.807, 2.05) is 5.38 Å². The van der Waals surface area contributed by atoms with E-state index in [0.717, 1.165) is 0 Å². The Balaban J connectivity index is 2.55. The van der Waals surface area contributed by atoms with Gasteiger partial charge < -0.3 is 9.15 Å². The molecule has 0 unspecified atom stereocenters. The molecule has 4 nitrogen and oxygen atoms in total. The Kier molecular flexibility index (Phi) is 4.67. The highest BCUT2D eigenvalue weighted by molar-refractivity contribution is 7.98. The van der Waals surface area contributed by atoms with E-state index >= 15 is 0 Å². The van der Waals surface area contributed by atoms with Gasteiger partial charge in [0.2, 0.25) is 5.78 Å². The van der Waals surface area contributed by atoms with E-state index in [2.05, 4.69) is 0 Å². The summed E-state index contributed by atoms with van der Waals surface area (Å²) in [6.07, 6.45) is 1.80. The van der Waals surface area contributed by atoms with Crippen LogP contribution < -0.4 is 0 Å². The van der Waals surface area contributed by atoms with Crippen molar-refractivity contribution in [1.29, 1.82) is 0 Å². The third kappa shape index (κ3) is 2.66. The SMILES string of the molecule is CCOC(=O)c1c(C)oc(SC)c1C(=O)c1cccs1. The van der Waals surface area contributed by atoms with E-state index in [1.165, 1.54) is 23.1 Å². The van der Waals surface area contributed by atoms with Crippen LogP contribution in [0.25, 0.3) is 0 Å². The maximum absolute atomic E-state index is 12.6. The van der Waals surface area contributed by atoms with Gasteiger partial charge >= 0.3 is 5.97 Å². The summed E-state index contributed by atoms with van der Waals surface area (Å²) in [5, 5.41) is 2.27. The molecular formula is C14H14O4S2. The fourth-order valence-electron chi connectivity index (χ4n) is 1.85. The number of thiophene rings is 1. The zero-order chi connectivity index (χ0) is 14.7. The van der Waals surface area contributed by atoms with Gasteiger partial charge in [0.15, 0.2) is 5.09 Å². The predicted octanol–water partition coefficient (Wildman–Crippen LogP) is 3.78. The van der Waals surface area contributed by atoms with Crippen LogP contribution in [0, 0.1) is 6.92 Å². The highest BCUT2D eigenvalue weighted by Crippen LogP contribution is 2.32. The molecule has 0 aliphatic heterocycles. The summed E-state index contributed by atoms with van der Waals surface area (Å²) in [5.41, 5.74) is 0.533. The first-order valence-electron chi connectivity index (χ1n) is 6.02. The quantitative estimate of drug-likeness (QED) is 0.478. The van der Waals surface area contributed by atoms with Gasteiger partial charge in [0.05, 0.1) is 17.0 Å². The molecule has 0 amide bonds. The molecule has 6 heteroatoms. The Bertz CT molecular complexity index is 626. The highest BCUT2D eigenvalue weighted by Gasteiger charge is 2.29. The molecule has 0 aliphatic rings. The number of carbonyl (C=O) groups is 2. The van der Waals surface area contributed by atoms with Crippen LogP contribution in [0.3, 0.4) is 0 Å². The van der Waals surface area contributed by atoms with Crippen LogP contribution >= 0.6 is 23.1 Å². The molecular weight excluding hydrogens is 296 g/mol. The molecule has 0 spiro atoms. The van der Waals surface area contributed by atoms with Gasteiger partial charge in [-0.15, -0.1) is 11.3 Å². The van der Waals surface area contributed by atoms with Gasteiger partial charge in [-0.1, -0.05) is 17.8 Å². The van der Waals surface area contributed by atoms with Gasteiger partial charge in [-0.25, -0.2) is 4.79 Å². The molecule has 0 saturated carbocycles. The highest BCUT2D eigenvalue weighted by atomic mass is 32.2. The Labute approximate surface area is 125 Å². The zero-order valence-electron chi connectivity index (χ0n) is 11.4. The van der Waals surface area contributed by atoms with Crippen LogP contribution in [0.2, 0.25) is 0 Å². The van der Waals surface area contributed by atoms with Gasteiger partial charge in [-0.2, -0.15) is 0 Å². The van der Waals surface area contributed by atoms with Crippen molar-refractivity contribution in [1.82, 2.24) is 0 Å². The third-order valence-electron chi connectivity index (χ3n) is 2.69. The van der Waals surface area contributed by atoms with Gasteiger partial charge in [-0.3, -0.25) is 4.79 Å². The Morgan fingerprint density at radius 3 is 2.70 bits per heavy atom. The van der Waals surface area contributed by atoms with E-state index in [0.29, 0.717) is 21.3 Å². The molecule has 0 aromatic carbocycles. The summed E-state index contributed by atoms with van der Waals surface area (Å²) in [7, 11) is 0. The van der Waals surface area contributed by atoms with Crippen LogP contribution in [0.4, 0.5) is 0 Å². The minimum absolute atomic E-state index is 0.204. The van der Waals surface area contributed by atoms with Crippen molar-refractivity contribution in [2.24, 2.45) is 0 Å². The van der Waals surface area contributed by atoms with Crippen molar-refractivity contribution in [3.8, 4) is 0 Å². The van der Waals surface area contributed by atoms with Crippen LogP contribution in [0.5, 0.6) is 0 Å². The van der Waals surface area contributed by atoms with E-state index in [1.54, 1.807) is 32.2 Å². The molecule has 2 aromatic heterocycles. The smallest absolute Gasteiger partial charge is 0.342 e. The van der Waals surface area contributed by atoms with Gasteiger partial charge in [0.25, 0.3) is 0 Å². The zero-order valence-corrected chi connectivity index (χ0v) is 13.0. The summed E-state index contributed by atoms with van der Waals surface area (Å²) < 4.78 is 10.5. The number of thioether (sulfide) groups is 1. The van der Waals surface area contributed by atoms with Crippen molar-refractivity contribution in [3.05, 3.63) is 39.3 Å². The molecule has 106 valence electrons. The lowest BCUT2D eigenvalue weighted by atomic mass is 10.1. The van der Waals surface area contributed by atoms with Crippen molar-refractivity contribution < 1.29 is 18.7 Å². The number of furan rings is 1. The molecule has 2 rings (SSSR count). The van der Waals surface area contributed by atoms with Gasteiger partial charge in [-0.05, 0) is 31.5 Å². The summed E-state index contributed by atoms with van der Waals surface area (Å²) >= 11 is 2.64. The summed E-state index contributed by atoms with van der Waals surface area (Å²) in [4.78, 5) is 25.2. The largest absolute Gasteiger partial charge is 0.462 e. The summed E-state index contributed by atoms with van der Waals surface area (Å²) in [6.45, 7) is 3.64. The molecule has 20 heavy (non-hydrogen) atoms. The monoisotopic (exact) mass is 310 g/mol. The van der Waals surface area contributed by atoms with Crippen molar-refractivity contribution >= 4 is 34.9 Å². The Morgan fingerprint density at radius 1 is 1.40 bits per heavy atom. The second-order valence-corrected chi connectivity index (χ2v) is 5.65. The second kappa shape index (κ2) is 6.28. The molecule has 0 aliphatic carbocycles. The number of hydrogen-bond donors (Lipinski definition) is 0. The number of ether oxygens (including phenoxy) is 1. The lowest BCUT2D eigenvalue weighted by Gasteiger charge is -2.03. The third-order valence-corrected chi connectivity index (χ3v) is 4.22. The lowest BCUT2D eigenvalue weighted by molar-refractivity contribution is 0.0522. The van der Waals surface area contributed by atoms with E-state index in [9.17, 15) is 9.59 Å². The van der Waals surface area contributed by atoms with Gasteiger partial charge in [0.1, 0.15) is 11.3 Å². The standard InChI is InChI=1S/C14H14O4S2/c1-4-17-13(16)10-8(2)18-14(19-3)11(10)12(15)9-6-5-7-20-9/h5-7H,4H2,1-3H3. The first-order chi connectivity index (χ1) is 9.60. The van der Waals surface area contributed by atoms with Crippen LogP contribution in [-0.2, 0) is 4.74 Å². The number of rotatable bonds is 5. The molecule has 0 bridgehead atoms. The van der Waals surface area contributed by atoms with E-state index in [-0.39, 0.29) is 18.0 Å². The number of carbonyl (C=O) groups excluding carboxylic acids is 2. The molecule has 0 fully saturated rings. The Morgan fingerprint density at radius 2 is 2.15 bits per heavy atom. The fraction of sp³-hybridized carbons (Fsp3) is 0.286. The molecule has 2 aromatic rings. The predicted molar refractivity (Wildman–Crippen MR) is 78.9 cm³/mol. The summed E-state index contributed by atoms with van der Waals surface area (Å²) in [5.74, 6) is -0.314. The van der Waals surface area contributed by atoms with Crippen LogP contribution in [0.15, 0.2) is 27.0 Å². The molecule has 0 N–H and O–H groups in total. The van der Waals surface area contributed by atoms with E-state index in [4.69, 9.17) is 9.15 Å². The molecule has 2 heterocycles. The number of esters is 1. The Hall–Kier alpha value is -1.53. The second-order valence-electron chi connectivity index (χ2n) is 3.93. The molecule has 0 atom stereocenters. The van der Waals surface area contributed by atoms with Crippen LogP contribution in [-0.4, -0.2) is 24.6 Å². The first kappa shape index (κ1) is 14.9. The topological polar surface area (TPSA) is 56.5 Å². The van der Waals surface area contributed by atoms with Crippen molar-refractivity contribution in [2.75, 3.05) is 12.9 Å². The first-order valence-corrected chi connectivity index (χ1v) is 8.13. The average molecular weight is 310 g/mol. The minimum atomic E-state index is -0.519. The van der Waals surface area contributed by atoms with Crippen molar-refractivity contribution in [3.63, 3.8) is 0 Å². The number of hydrogen-bond acceptors (Lipinski definition) is 6. The number of aryl methyl sites for hydroxylation is 1. The van der Waals surface area contributed by atoms with Crippen LogP contribution in [0.1, 0.15) is 38.3 Å². The minimum Gasteiger partial charge on any atom is -0.462 e. The molecule has 0 radical (unpaired) electrons. The molecule has 0 saturated heterocycles. The lowest BCUT2D eigenvalue weighted by Crippen LogP contribution is -2.11. The van der Waals surface area contributed by atoms with Gasteiger partial charge in [0, 0.05) is 0 Å². The fourth-order valence-corrected chi connectivity index (χ4v) is 3.13. The van der Waals surface area contributed by atoms with E-state index < -0.39 is 5.97 Å².